The van der Waals surface area contributed by atoms with Gasteiger partial charge in [-0.1, -0.05) is 0 Å². The molecule has 0 atom stereocenters. The van der Waals surface area contributed by atoms with Gasteiger partial charge >= 0.3 is 0 Å². The molecule has 0 saturated heterocycles. The van der Waals surface area contributed by atoms with Crippen molar-refractivity contribution in [2.75, 3.05) is 5.23 Å². The third kappa shape index (κ3) is 1.54. The van der Waals surface area contributed by atoms with Crippen LogP contribution >= 0.6 is 0 Å². The number of carbonyl (C=O) groups excluding carboxylic acids is 1. The first-order valence-corrected chi connectivity index (χ1v) is 3.13. The molecule has 1 rings (SSSR count). The molecule has 11 heavy (non-hydrogen) atoms. The average molecular weight is 151 g/mol. The highest BCUT2D eigenvalue weighted by Crippen LogP contribution is 2.04. The van der Waals surface area contributed by atoms with Gasteiger partial charge in [0.25, 0.3) is 11.9 Å². The molecule has 0 spiro atoms. The van der Waals surface area contributed by atoms with Gasteiger partial charge in [-0.2, -0.15) is 4.98 Å². The van der Waals surface area contributed by atoms with Crippen LogP contribution in [0.1, 0.15) is 10.5 Å². The van der Waals surface area contributed by atoms with Gasteiger partial charge in [0, 0.05) is 0 Å². The summed E-state index contributed by atoms with van der Waals surface area (Å²) in [5.41, 5.74) is 0.275. The molecule has 0 aliphatic heterocycles. The van der Waals surface area contributed by atoms with Gasteiger partial charge in [0.15, 0.2) is 5.69 Å². The molecule has 0 saturated carbocycles. The van der Waals surface area contributed by atoms with Crippen molar-refractivity contribution >= 4 is 27.9 Å². The van der Waals surface area contributed by atoms with Crippen LogP contribution in [0.2, 0.25) is 0 Å². The molecular weight excluding hydrogens is 144 g/mol. The fourth-order valence-electron chi connectivity index (χ4n) is 0.621. The Morgan fingerprint density at radius 3 is 2.82 bits per heavy atom. The summed E-state index contributed by atoms with van der Waals surface area (Å²) in [5, 5.41) is 5.10. The minimum Gasteiger partial charge on any atom is -0.432 e. The Balaban J connectivity index is 2.80. The first kappa shape index (κ1) is 7.71. The molecule has 0 bridgehead atoms. The number of anilines is 1. The lowest BCUT2D eigenvalue weighted by molar-refractivity contribution is 0.0977. The zero-order valence-corrected chi connectivity index (χ0v) is 6.34. The number of aromatic nitrogens is 1. The summed E-state index contributed by atoms with van der Waals surface area (Å²) in [7, 11) is 3.20. The minimum absolute atomic E-state index is 0.254. The van der Waals surface area contributed by atoms with Crippen LogP contribution in [-0.2, 0) is 0 Å². The van der Waals surface area contributed by atoms with Crippen LogP contribution in [0.3, 0.4) is 0 Å². The highest BCUT2D eigenvalue weighted by Gasteiger charge is 2.07. The van der Waals surface area contributed by atoms with Gasteiger partial charge in [-0.3, -0.25) is 4.79 Å². The molecule has 1 heterocycles. The summed E-state index contributed by atoms with van der Waals surface area (Å²) in [5.74, 6) is -0.254. The summed E-state index contributed by atoms with van der Waals surface area (Å²) in [6.07, 6.45) is 1.30. The van der Waals surface area contributed by atoms with Gasteiger partial charge in [0.1, 0.15) is 6.26 Å². The SMILES string of the molecule is BNC(=O)c1coc(NB)n1. The zero-order valence-electron chi connectivity index (χ0n) is 6.34. The lowest BCUT2D eigenvalue weighted by Gasteiger charge is -1.90. The third-order valence-electron chi connectivity index (χ3n) is 1.18. The average Bonchev–Trinajstić information content (AvgIpc) is 2.50. The standard InChI is InChI=1S/C4H7B2N3O2/c5-8-3(10)2-1-11-4(7-2)9-6/h1H,5-6H2,(H,7,9)(H,8,10). The summed E-state index contributed by atoms with van der Waals surface area (Å²) in [4.78, 5) is 14.7. The lowest BCUT2D eigenvalue weighted by atomic mass is 10.3. The Morgan fingerprint density at radius 2 is 2.36 bits per heavy atom. The summed E-state index contributed by atoms with van der Waals surface area (Å²) in [6.45, 7) is 0. The maximum atomic E-state index is 10.9. The van der Waals surface area contributed by atoms with Gasteiger partial charge in [-0.15, -0.1) is 0 Å². The second-order valence-corrected chi connectivity index (χ2v) is 1.87. The number of hydrogen-bond acceptors (Lipinski definition) is 4. The number of oxazole rings is 1. The second kappa shape index (κ2) is 3.14. The first-order chi connectivity index (χ1) is 5.27. The fraction of sp³-hybridized carbons (Fsp3) is 0. The predicted molar refractivity (Wildman–Crippen MR) is 44.7 cm³/mol. The van der Waals surface area contributed by atoms with Gasteiger partial charge in [-0.05, 0) is 0 Å². The molecular formula is C4H7B2N3O2. The third-order valence-corrected chi connectivity index (χ3v) is 1.18. The molecule has 1 aromatic rings. The molecule has 1 amide bonds. The maximum Gasteiger partial charge on any atom is 0.282 e. The van der Waals surface area contributed by atoms with Crippen molar-refractivity contribution in [3.8, 4) is 0 Å². The topological polar surface area (TPSA) is 67.2 Å². The van der Waals surface area contributed by atoms with Gasteiger partial charge in [0.2, 0.25) is 16.0 Å². The normalized spacial score (nSPS) is 9.09. The molecule has 1 aromatic heterocycles. The first-order valence-electron chi connectivity index (χ1n) is 3.13. The minimum atomic E-state index is -0.254. The lowest BCUT2D eigenvalue weighted by Crippen LogP contribution is -2.19. The molecule has 0 aromatic carbocycles. The van der Waals surface area contributed by atoms with E-state index in [-0.39, 0.29) is 11.6 Å². The molecule has 2 N–H and O–H groups in total. The van der Waals surface area contributed by atoms with E-state index in [9.17, 15) is 4.79 Å². The van der Waals surface area contributed by atoms with E-state index in [0.29, 0.717) is 6.01 Å². The molecule has 0 fully saturated rings. The van der Waals surface area contributed by atoms with Crippen LogP contribution in [0.25, 0.3) is 0 Å². The number of nitrogens with zero attached hydrogens (tertiary/aromatic N) is 1. The van der Waals surface area contributed by atoms with Crippen LogP contribution in [0, 0.1) is 0 Å². The van der Waals surface area contributed by atoms with Crippen LogP contribution < -0.4 is 10.5 Å². The maximum absolute atomic E-state index is 10.9. The Bertz CT molecular complexity index is 262. The van der Waals surface area contributed by atoms with Crippen molar-refractivity contribution in [3.05, 3.63) is 12.0 Å². The van der Waals surface area contributed by atoms with Crippen molar-refractivity contribution < 1.29 is 9.21 Å². The van der Waals surface area contributed by atoms with E-state index in [2.05, 4.69) is 15.4 Å². The van der Waals surface area contributed by atoms with E-state index >= 15 is 0 Å². The number of nitrogens with one attached hydrogen (secondary N) is 2. The highest BCUT2D eigenvalue weighted by molar-refractivity contribution is 6.18. The molecule has 0 aliphatic carbocycles. The van der Waals surface area contributed by atoms with Crippen molar-refractivity contribution in [1.29, 1.82) is 0 Å². The van der Waals surface area contributed by atoms with Crippen molar-refractivity contribution in [2.45, 2.75) is 0 Å². The van der Waals surface area contributed by atoms with E-state index < -0.39 is 0 Å². The molecule has 0 unspecified atom stereocenters. The van der Waals surface area contributed by atoms with Crippen molar-refractivity contribution in [1.82, 2.24) is 10.2 Å². The Hall–Kier alpha value is -1.39. The van der Waals surface area contributed by atoms with E-state index in [1.807, 2.05) is 0 Å². The monoisotopic (exact) mass is 151 g/mol. The van der Waals surface area contributed by atoms with Crippen LogP contribution in [0.4, 0.5) is 6.01 Å². The van der Waals surface area contributed by atoms with E-state index in [1.165, 1.54) is 14.2 Å². The van der Waals surface area contributed by atoms with Crippen molar-refractivity contribution in [2.24, 2.45) is 0 Å². The van der Waals surface area contributed by atoms with E-state index in [1.54, 1.807) is 7.98 Å². The molecule has 0 aliphatic rings. The Labute approximate surface area is 65.4 Å². The molecule has 56 valence electrons. The molecule has 7 heteroatoms. The van der Waals surface area contributed by atoms with Crippen LogP contribution in [0.15, 0.2) is 10.7 Å². The number of amides is 1. The number of rotatable bonds is 2. The summed E-state index contributed by atoms with van der Waals surface area (Å²) in [6, 6.07) is 0.337. The Morgan fingerprint density at radius 1 is 1.64 bits per heavy atom. The highest BCUT2D eigenvalue weighted by atomic mass is 16.4. The van der Waals surface area contributed by atoms with Crippen LogP contribution in [0.5, 0.6) is 0 Å². The van der Waals surface area contributed by atoms with E-state index in [4.69, 9.17) is 4.42 Å². The largest absolute Gasteiger partial charge is 0.432 e. The summed E-state index contributed by atoms with van der Waals surface area (Å²) >= 11 is 0. The van der Waals surface area contributed by atoms with E-state index in [0.717, 1.165) is 0 Å². The van der Waals surface area contributed by atoms with Gasteiger partial charge in [-0.25, -0.2) is 0 Å². The zero-order chi connectivity index (χ0) is 8.27. The summed E-state index contributed by atoms with van der Waals surface area (Å²) < 4.78 is 4.85. The fourth-order valence-corrected chi connectivity index (χ4v) is 0.621. The smallest absolute Gasteiger partial charge is 0.282 e. The van der Waals surface area contributed by atoms with Crippen molar-refractivity contribution in [3.63, 3.8) is 0 Å². The quantitative estimate of drug-likeness (QED) is 0.475. The predicted octanol–water partition coefficient (Wildman–Crippen LogP) is -2.09. The second-order valence-electron chi connectivity index (χ2n) is 1.87. The molecule has 5 nitrogen and oxygen atoms in total. The number of carbonyl (C=O) groups is 1. The molecule has 0 radical (unpaired) electrons. The van der Waals surface area contributed by atoms with Gasteiger partial charge in [0.05, 0.1) is 0 Å². The van der Waals surface area contributed by atoms with Crippen LogP contribution in [-0.4, -0.2) is 26.9 Å². The Kier molecular flexibility index (Phi) is 2.20. The van der Waals surface area contributed by atoms with Gasteiger partial charge < -0.3 is 14.9 Å². The number of hydrogen-bond donors (Lipinski definition) is 2.